The van der Waals surface area contributed by atoms with E-state index in [4.69, 9.17) is 18.9 Å². The SMILES string of the molecule is CCCCCCC/C=C\C/C=C\C/C=C\CCCCCCCCC(=O)OC(COC(=O)CCCCCCCCCCCCCCCCCCCC)COC(OCC[N+](C)(C)C)C(=O)O. The third kappa shape index (κ3) is 47.5. The Balaban J connectivity index is 4.34. The molecule has 0 bridgehead atoms. The predicted octanol–water partition coefficient (Wildman–Crippen LogP) is 15.0. The van der Waals surface area contributed by atoms with Crippen LogP contribution in [0, 0.1) is 0 Å². The molecule has 9 heteroatoms. The van der Waals surface area contributed by atoms with Gasteiger partial charge in [-0.3, -0.25) is 9.59 Å². The monoisotopic (exact) mass is 905 g/mol. The van der Waals surface area contributed by atoms with Gasteiger partial charge in [0.1, 0.15) is 13.2 Å². The van der Waals surface area contributed by atoms with Gasteiger partial charge in [0.05, 0.1) is 34.4 Å². The second-order valence-electron chi connectivity index (χ2n) is 19.2. The van der Waals surface area contributed by atoms with Crippen molar-refractivity contribution >= 4 is 17.9 Å². The number of carbonyl (C=O) groups is 3. The standard InChI is InChI=1S/C55H101NO8/c1-6-8-10-12-14-16-18-20-22-24-26-27-28-30-32-34-36-38-40-42-44-46-53(58)64-51(50-63-55(54(59)60)61-48-47-56(3,4)5)49-62-52(57)45-43-41-39-37-35-33-31-29-25-23-21-19-17-15-13-11-9-7-2/h18,20,24,26,28,30,51,55H,6-17,19,21-23,25,27,29,31-50H2,1-5H3/p+1/b20-18-,26-24-,30-28-. The van der Waals surface area contributed by atoms with Crippen molar-refractivity contribution in [3.63, 3.8) is 0 Å². The van der Waals surface area contributed by atoms with Crippen LogP contribution in [0.5, 0.6) is 0 Å². The van der Waals surface area contributed by atoms with E-state index >= 15 is 0 Å². The number of carboxylic acid groups (broad SMARTS) is 1. The number of esters is 2. The van der Waals surface area contributed by atoms with Crippen molar-refractivity contribution in [3.05, 3.63) is 36.5 Å². The van der Waals surface area contributed by atoms with Crippen LogP contribution in [0.4, 0.5) is 0 Å². The highest BCUT2D eigenvalue weighted by Gasteiger charge is 2.25. The summed E-state index contributed by atoms with van der Waals surface area (Å²) in [6.07, 6.45) is 52.0. The fourth-order valence-electron chi connectivity index (χ4n) is 7.49. The Morgan fingerprint density at radius 3 is 1.25 bits per heavy atom. The average molecular weight is 905 g/mol. The molecular formula is C55H102NO8+. The second kappa shape index (κ2) is 47.0. The normalized spacial score (nSPS) is 13.1. The van der Waals surface area contributed by atoms with Crippen LogP contribution in [-0.4, -0.2) is 87.4 Å². The molecule has 0 aliphatic rings. The number of allylic oxidation sites excluding steroid dienone is 6. The van der Waals surface area contributed by atoms with E-state index in [0.717, 1.165) is 57.8 Å². The molecule has 0 aromatic heterocycles. The van der Waals surface area contributed by atoms with Crippen molar-refractivity contribution in [1.82, 2.24) is 0 Å². The molecule has 1 N–H and O–H groups in total. The van der Waals surface area contributed by atoms with E-state index in [9.17, 15) is 19.5 Å². The van der Waals surface area contributed by atoms with Crippen molar-refractivity contribution in [2.45, 2.75) is 251 Å². The number of unbranched alkanes of at least 4 members (excludes halogenated alkanes) is 28. The van der Waals surface area contributed by atoms with Crippen LogP contribution in [0.2, 0.25) is 0 Å². The number of hydrogen-bond donors (Lipinski definition) is 1. The summed E-state index contributed by atoms with van der Waals surface area (Å²) in [5.74, 6) is -2.01. The smallest absolute Gasteiger partial charge is 0.361 e. The Morgan fingerprint density at radius 1 is 0.469 bits per heavy atom. The molecule has 0 amide bonds. The molecule has 0 spiro atoms. The quantitative estimate of drug-likeness (QED) is 0.0211. The molecule has 0 saturated heterocycles. The highest BCUT2D eigenvalue weighted by molar-refractivity contribution is 5.71. The third-order valence-corrected chi connectivity index (χ3v) is 11.6. The zero-order valence-electron chi connectivity index (χ0n) is 42.4. The summed E-state index contributed by atoms with van der Waals surface area (Å²) in [5, 5.41) is 9.68. The molecule has 0 rings (SSSR count). The number of hydrogen-bond acceptors (Lipinski definition) is 7. The molecule has 9 nitrogen and oxygen atoms in total. The van der Waals surface area contributed by atoms with E-state index in [2.05, 4.69) is 50.3 Å². The number of rotatable bonds is 49. The van der Waals surface area contributed by atoms with Gasteiger partial charge < -0.3 is 28.5 Å². The molecule has 374 valence electrons. The van der Waals surface area contributed by atoms with Gasteiger partial charge in [0.15, 0.2) is 6.10 Å². The molecule has 2 atom stereocenters. The first kappa shape index (κ1) is 61.5. The Bertz CT molecular complexity index is 1150. The number of nitrogens with zero attached hydrogens (tertiary/aromatic N) is 1. The van der Waals surface area contributed by atoms with Crippen molar-refractivity contribution in [2.24, 2.45) is 0 Å². The minimum atomic E-state index is -1.51. The van der Waals surface area contributed by atoms with Crippen LogP contribution in [0.25, 0.3) is 0 Å². The van der Waals surface area contributed by atoms with Gasteiger partial charge in [0, 0.05) is 12.8 Å². The molecule has 0 aliphatic heterocycles. The number of quaternary nitrogens is 1. The summed E-state index contributed by atoms with van der Waals surface area (Å²) >= 11 is 0. The van der Waals surface area contributed by atoms with E-state index < -0.39 is 24.3 Å². The van der Waals surface area contributed by atoms with Crippen molar-refractivity contribution in [1.29, 1.82) is 0 Å². The highest BCUT2D eigenvalue weighted by Crippen LogP contribution is 2.16. The largest absolute Gasteiger partial charge is 0.477 e. The van der Waals surface area contributed by atoms with Crippen LogP contribution >= 0.6 is 0 Å². The van der Waals surface area contributed by atoms with Crippen molar-refractivity contribution in [2.75, 3.05) is 47.5 Å². The van der Waals surface area contributed by atoms with E-state index in [-0.39, 0.29) is 32.2 Å². The van der Waals surface area contributed by atoms with Gasteiger partial charge >= 0.3 is 17.9 Å². The molecule has 0 radical (unpaired) electrons. The lowest BCUT2D eigenvalue weighted by Crippen LogP contribution is -2.40. The van der Waals surface area contributed by atoms with Gasteiger partial charge in [0.2, 0.25) is 0 Å². The first-order valence-electron chi connectivity index (χ1n) is 26.7. The van der Waals surface area contributed by atoms with Gasteiger partial charge in [-0.2, -0.15) is 0 Å². The molecule has 0 fully saturated rings. The van der Waals surface area contributed by atoms with Gasteiger partial charge in [-0.15, -0.1) is 0 Å². The minimum Gasteiger partial charge on any atom is -0.477 e. The number of likely N-dealkylation sites (N-methyl/N-ethyl adjacent to an activating group) is 1. The number of ether oxygens (including phenoxy) is 4. The number of carboxylic acids is 1. The molecular weight excluding hydrogens is 803 g/mol. The Kier molecular flexibility index (Phi) is 45.2. The lowest BCUT2D eigenvalue weighted by atomic mass is 10.0. The fourth-order valence-corrected chi connectivity index (χ4v) is 7.49. The summed E-state index contributed by atoms with van der Waals surface area (Å²) in [4.78, 5) is 37.3. The summed E-state index contributed by atoms with van der Waals surface area (Å²) in [6.45, 7) is 4.88. The molecule has 0 aliphatic carbocycles. The van der Waals surface area contributed by atoms with Crippen molar-refractivity contribution in [3.8, 4) is 0 Å². The van der Waals surface area contributed by atoms with E-state index in [0.29, 0.717) is 23.9 Å². The van der Waals surface area contributed by atoms with Crippen LogP contribution < -0.4 is 0 Å². The zero-order chi connectivity index (χ0) is 47.0. The Morgan fingerprint density at radius 2 is 0.844 bits per heavy atom. The van der Waals surface area contributed by atoms with E-state index in [1.165, 1.54) is 148 Å². The third-order valence-electron chi connectivity index (χ3n) is 11.6. The van der Waals surface area contributed by atoms with E-state index in [1.54, 1.807) is 0 Å². The summed E-state index contributed by atoms with van der Waals surface area (Å²) in [6, 6.07) is 0. The molecule has 0 saturated carbocycles. The van der Waals surface area contributed by atoms with Crippen LogP contribution in [0.15, 0.2) is 36.5 Å². The molecule has 0 aromatic carbocycles. The second-order valence-corrected chi connectivity index (χ2v) is 19.2. The van der Waals surface area contributed by atoms with Gasteiger partial charge in [-0.05, 0) is 51.4 Å². The average Bonchev–Trinajstić information content (AvgIpc) is 3.26. The fraction of sp³-hybridized carbons (Fsp3) is 0.836. The van der Waals surface area contributed by atoms with Gasteiger partial charge in [-0.25, -0.2) is 4.79 Å². The Labute approximate surface area is 394 Å². The lowest BCUT2D eigenvalue weighted by Gasteiger charge is -2.25. The highest BCUT2D eigenvalue weighted by atomic mass is 16.7. The lowest BCUT2D eigenvalue weighted by molar-refractivity contribution is -0.870. The summed E-state index contributed by atoms with van der Waals surface area (Å²) in [5.41, 5.74) is 0. The first-order chi connectivity index (χ1) is 31.1. The summed E-state index contributed by atoms with van der Waals surface area (Å²) in [7, 11) is 5.96. The van der Waals surface area contributed by atoms with Gasteiger partial charge in [-0.1, -0.05) is 211 Å². The topological polar surface area (TPSA) is 108 Å². The maximum absolute atomic E-state index is 12.8. The maximum atomic E-state index is 12.8. The van der Waals surface area contributed by atoms with Crippen molar-refractivity contribution < 1.29 is 42.9 Å². The number of carbonyl (C=O) groups excluding carboxylic acids is 2. The first-order valence-corrected chi connectivity index (χ1v) is 26.7. The summed E-state index contributed by atoms with van der Waals surface area (Å²) < 4.78 is 22.8. The molecule has 64 heavy (non-hydrogen) atoms. The van der Waals surface area contributed by atoms with E-state index in [1.807, 2.05) is 21.1 Å². The molecule has 2 unspecified atom stereocenters. The van der Waals surface area contributed by atoms with Crippen LogP contribution in [-0.2, 0) is 33.3 Å². The molecule has 0 aromatic rings. The Hall–Kier alpha value is -2.49. The molecule has 0 heterocycles. The predicted molar refractivity (Wildman–Crippen MR) is 267 cm³/mol. The van der Waals surface area contributed by atoms with Gasteiger partial charge in [0.25, 0.3) is 6.29 Å². The zero-order valence-corrected chi connectivity index (χ0v) is 42.4. The maximum Gasteiger partial charge on any atom is 0.361 e. The van der Waals surface area contributed by atoms with Crippen LogP contribution in [0.1, 0.15) is 239 Å². The number of aliphatic carboxylic acids is 1. The van der Waals surface area contributed by atoms with Crippen LogP contribution in [0.3, 0.4) is 0 Å². The minimum absolute atomic E-state index is 0.184.